The van der Waals surface area contributed by atoms with E-state index in [2.05, 4.69) is 13.8 Å². The van der Waals surface area contributed by atoms with Crippen LogP contribution < -0.4 is 0 Å². The van der Waals surface area contributed by atoms with Gasteiger partial charge < -0.3 is 14.2 Å². The van der Waals surface area contributed by atoms with E-state index in [0.717, 1.165) is 32.3 Å². The molecule has 22 heavy (non-hydrogen) atoms. The van der Waals surface area contributed by atoms with Crippen molar-refractivity contribution in [2.24, 2.45) is 0 Å². The van der Waals surface area contributed by atoms with Gasteiger partial charge in [0.1, 0.15) is 6.61 Å². The second-order valence-electron chi connectivity index (χ2n) is 5.67. The van der Waals surface area contributed by atoms with E-state index in [4.69, 9.17) is 14.2 Å². The Morgan fingerprint density at radius 2 is 1.18 bits per heavy atom. The minimum Gasteiger partial charge on any atom is -0.463 e. The molecule has 0 aromatic rings. The summed E-state index contributed by atoms with van der Waals surface area (Å²) in [6, 6.07) is 0. The Balaban J connectivity index is 3.13. The lowest BCUT2D eigenvalue weighted by Crippen LogP contribution is -2.13. The first-order valence-electron chi connectivity index (χ1n) is 9.12. The van der Waals surface area contributed by atoms with E-state index in [1.165, 1.54) is 32.1 Å². The molecular weight excluding hydrogens is 280 g/mol. The standard InChI is InChI=1S/C18H36O4/c1-3-5-7-8-9-10-11-12-18(19)22-17-16-21-15-14-20-13-6-4-2/h3-17H2,1-2H3. The van der Waals surface area contributed by atoms with E-state index in [1.807, 2.05) is 0 Å². The maximum absolute atomic E-state index is 11.5. The van der Waals surface area contributed by atoms with Crippen LogP contribution in [0.5, 0.6) is 0 Å². The Morgan fingerprint density at radius 1 is 0.636 bits per heavy atom. The fraction of sp³-hybridized carbons (Fsp3) is 0.944. The molecule has 0 aromatic heterocycles. The first-order valence-corrected chi connectivity index (χ1v) is 9.12. The molecule has 0 saturated heterocycles. The lowest BCUT2D eigenvalue weighted by molar-refractivity contribution is -0.145. The summed E-state index contributed by atoms with van der Waals surface area (Å²) in [5, 5.41) is 0. The smallest absolute Gasteiger partial charge is 0.305 e. The largest absolute Gasteiger partial charge is 0.463 e. The molecule has 0 unspecified atom stereocenters. The Hall–Kier alpha value is -0.610. The Morgan fingerprint density at radius 3 is 1.86 bits per heavy atom. The summed E-state index contributed by atoms with van der Waals surface area (Å²) in [5.41, 5.74) is 0. The van der Waals surface area contributed by atoms with Gasteiger partial charge in [-0.05, 0) is 12.8 Å². The molecule has 0 saturated carbocycles. The number of ether oxygens (including phenoxy) is 3. The highest BCUT2D eigenvalue weighted by atomic mass is 16.6. The molecule has 0 aromatic carbocycles. The molecule has 0 atom stereocenters. The number of esters is 1. The van der Waals surface area contributed by atoms with Crippen molar-refractivity contribution in [1.82, 2.24) is 0 Å². The van der Waals surface area contributed by atoms with Crippen molar-refractivity contribution in [2.75, 3.05) is 33.0 Å². The van der Waals surface area contributed by atoms with Crippen molar-refractivity contribution in [2.45, 2.75) is 78.1 Å². The topological polar surface area (TPSA) is 44.8 Å². The lowest BCUT2D eigenvalue weighted by atomic mass is 10.1. The predicted molar refractivity (Wildman–Crippen MR) is 90.1 cm³/mol. The molecule has 132 valence electrons. The summed E-state index contributed by atoms with van der Waals surface area (Å²) in [5.74, 6) is -0.101. The number of hydrogen-bond donors (Lipinski definition) is 0. The van der Waals surface area contributed by atoms with Gasteiger partial charge in [0.2, 0.25) is 0 Å². The Kier molecular flexibility index (Phi) is 17.9. The highest BCUT2D eigenvalue weighted by Crippen LogP contribution is 2.08. The third-order valence-corrected chi connectivity index (χ3v) is 3.49. The van der Waals surface area contributed by atoms with Gasteiger partial charge in [-0.15, -0.1) is 0 Å². The molecule has 4 nitrogen and oxygen atoms in total. The molecule has 0 aliphatic heterocycles. The Bertz CT molecular complexity index is 231. The molecule has 0 heterocycles. The highest BCUT2D eigenvalue weighted by molar-refractivity contribution is 5.69. The summed E-state index contributed by atoms with van der Waals surface area (Å²) >= 11 is 0. The average Bonchev–Trinajstić information content (AvgIpc) is 2.52. The summed E-state index contributed by atoms with van der Waals surface area (Å²) in [6.45, 7) is 7.16. The van der Waals surface area contributed by atoms with Gasteiger partial charge in [0.05, 0.1) is 19.8 Å². The maximum atomic E-state index is 11.5. The molecule has 4 heteroatoms. The van der Waals surface area contributed by atoms with Crippen molar-refractivity contribution < 1.29 is 19.0 Å². The van der Waals surface area contributed by atoms with Crippen LogP contribution in [0.4, 0.5) is 0 Å². The molecule has 0 fully saturated rings. The zero-order valence-corrected chi connectivity index (χ0v) is 14.7. The molecule has 0 rings (SSSR count). The molecule has 0 bridgehead atoms. The maximum Gasteiger partial charge on any atom is 0.305 e. The van der Waals surface area contributed by atoms with Gasteiger partial charge in [-0.2, -0.15) is 0 Å². The van der Waals surface area contributed by atoms with Gasteiger partial charge in [-0.3, -0.25) is 4.79 Å². The van der Waals surface area contributed by atoms with Crippen LogP contribution in [0.15, 0.2) is 0 Å². The number of carbonyl (C=O) groups excluding carboxylic acids is 1. The molecule has 0 aliphatic carbocycles. The highest BCUT2D eigenvalue weighted by Gasteiger charge is 2.02. The Labute approximate surface area is 136 Å². The zero-order valence-electron chi connectivity index (χ0n) is 14.7. The molecule has 0 spiro atoms. The van der Waals surface area contributed by atoms with Crippen LogP contribution in [0.2, 0.25) is 0 Å². The van der Waals surface area contributed by atoms with Gasteiger partial charge in [-0.25, -0.2) is 0 Å². The predicted octanol–water partition coefficient (Wildman–Crippen LogP) is 4.50. The fourth-order valence-electron chi connectivity index (χ4n) is 2.08. The van der Waals surface area contributed by atoms with Crippen LogP contribution >= 0.6 is 0 Å². The zero-order chi connectivity index (χ0) is 16.3. The number of hydrogen-bond acceptors (Lipinski definition) is 4. The number of unbranched alkanes of at least 4 members (excludes halogenated alkanes) is 7. The van der Waals surface area contributed by atoms with E-state index in [0.29, 0.717) is 32.8 Å². The summed E-state index contributed by atoms with van der Waals surface area (Å²) in [7, 11) is 0. The van der Waals surface area contributed by atoms with Gasteiger partial charge >= 0.3 is 5.97 Å². The van der Waals surface area contributed by atoms with Crippen molar-refractivity contribution in [3.8, 4) is 0 Å². The van der Waals surface area contributed by atoms with Crippen molar-refractivity contribution in [3.63, 3.8) is 0 Å². The van der Waals surface area contributed by atoms with Gasteiger partial charge in [0.25, 0.3) is 0 Å². The van der Waals surface area contributed by atoms with Gasteiger partial charge in [-0.1, -0.05) is 58.8 Å². The van der Waals surface area contributed by atoms with E-state index >= 15 is 0 Å². The van der Waals surface area contributed by atoms with E-state index in [-0.39, 0.29) is 5.97 Å². The minimum atomic E-state index is -0.101. The third-order valence-electron chi connectivity index (χ3n) is 3.49. The van der Waals surface area contributed by atoms with Gasteiger partial charge in [0, 0.05) is 13.0 Å². The summed E-state index contributed by atoms with van der Waals surface area (Å²) in [6.07, 6.45) is 11.3. The lowest BCUT2D eigenvalue weighted by Gasteiger charge is -2.07. The summed E-state index contributed by atoms with van der Waals surface area (Å²) in [4.78, 5) is 11.5. The molecule has 0 amide bonds. The van der Waals surface area contributed by atoms with Crippen LogP contribution in [-0.2, 0) is 19.0 Å². The quantitative estimate of drug-likeness (QED) is 0.293. The monoisotopic (exact) mass is 316 g/mol. The average molecular weight is 316 g/mol. The van der Waals surface area contributed by atoms with Crippen molar-refractivity contribution >= 4 is 5.97 Å². The number of rotatable bonds is 17. The fourth-order valence-corrected chi connectivity index (χ4v) is 2.08. The van der Waals surface area contributed by atoms with E-state index < -0.39 is 0 Å². The first-order chi connectivity index (χ1) is 10.8. The second kappa shape index (κ2) is 18.4. The molecule has 0 aliphatic rings. The molecule has 0 radical (unpaired) electrons. The first kappa shape index (κ1) is 21.4. The van der Waals surface area contributed by atoms with Crippen molar-refractivity contribution in [3.05, 3.63) is 0 Å². The summed E-state index contributed by atoms with van der Waals surface area (Å²) < 4.78 is 15.8. The van der Waals surface area contributed by atoms with Crippen LogP contribution in [0.3, 0.4) is 0 Å². The van der Waals surface area contributed by atoms with Crippen LogP contribution in [0, 0.1) is 0 Å². The minimum absolute atomic E-state index is 0.101. The normalized spacial score (nSPS) is 10.8. The van der Waals surface area contributed by atoms with Crippen LogP contribution in [-0.4, -0.2) is 39.0 Å². The number of carbonyl (C=O) groups is 1. The molecular formula is C18H36O4. The van der Waals surface area contributed by atoms with E-state index in [1.54, 1.807) is 0 Å². The van der Waals surface area contributed by atoms with Gasteiger partial charge in [0.15, 0.2) is 0 Å². The van der Waals surface area contributed by atoms with E-state index in [9.17, 15) is 4.79 Å². The van der Waals surface area contributed by atoms with Crippen LogP contribution in [0.25, 0.3) is 0 Å². The second-order valence-corrected chi connectivity index (χ2v) is 5.67. The third kappa shape index (κ3) is 17.4. The van der Waals surface area contributed by atoms with Crippen molar-refractivity contribution in [1.29, 1.82) is 0 Å². The van der Waals surface area contributed by atoms with Crippen LogP contribution in [0.1, 0.15) is 78.1 Å². The SMILES string of the molecule is CCCCCCCCCC(=O)OCCOCCOCCCC. The molecule has 0 N–H and O–H groups in total.